The molecule has 0 aliphatic rings. The zero-order valence-electron chi connectivity index (χ0n) is 12.7. The molecule has 112 valence electrons. The van der Waals surface area contributed by atoms with Crippen LogP contribution in [0.3, 0.4) is 0 Å². The van der Waals surface area contributed by atoms with E-state index in [1.165, 1.54) is 0 Å². The van der Waals surface area contributed by atoms with E-state index in [1.807, 2.05) is 36.6 Å². The van der Waals surface area contributed by atoms with Crippen LogP contribution in [0.2, 0.25) is 0 Å². The highest BCUT2D eigenvalue weighted by Crippen LogP contribution is 2.31. The largest absolute Gasteiger partial charge is 0.496 e. The summed E-state index contributed by atoms with van der Waals surface area (Å²) in [7, 11) is 1.58. The summed E-state index contributed by atoms with van der Waals surface area (Å²) in [6, 6.07) is 7.31. The summed E-state index contributed by atoms with van der Waals surface area (Å²) < 4.78 is 12.0. The first kappa shape index (κ1) is 15.1. The van der Waals surface area contributed by atoms with E-state index in [0.717, 1.165) is 10.9 Å². The maximum Gasteiger partial charge on any atom is 0.381 e. The molecule has 0 unspecified atom stereocenters. The van der Waals surface area contributed by atoms with Gasteiger partial charge >= 0.3 is 5.97 Å². The summed E-state index contributed by atoms with van der Waals surface area (Å²) in [5, 5.41) is 0.807. The van der Waals surface area contributed by atoms with E-state index in [-0.39, 0.29) is 12.6 Å². The molecule has 21 heavy (non-hydrogen) atoms. The van der Waals surface area contributed by atoms with Crippen LogP contribution < -0.4 is 4.74 Å². The molecule has 0 amide bonds. The highest BCUT2D eigenvalue weighted by atomic mass is 16.5. The summed E-state index contributed by atoms with van der Waals surface area (Å²) in [6.07, 6.45) is 0. The van der Waals surface area contributed by atoms with Gasteiger partial charge in [-0.3, -0.25) is 4.79 Å². The third-order valence-corrected chi connectivity index (χ3v) is 3.27. The van der Waals surface area contributed by atoms with Gasteiger partial charge in [-0.2, -0.15) is 0 Å². The van der Waals surface area contributed by atoms with Crippen LogP contribution in [0.1, 0.15) is 37.3 Å². The van der Waals surface area contributed by atoms with Crippen molar-refractivity contribution >= 4 is 22.7 Å². The van der Waals surface area contributed by atoms with Crippen molar-refractivity contribution in [2.75, 3.05) is 13.7 Å². The van der Waals surface area contributed by atoms with Gasteiger partial charge in [0.15, 0.2) is 0 Å². The number of hydrogen-bond acceptors (Lipinski definition) is 4. The Bertz CT molecular complexity index is 685. The number of Topliss-reactive ketones (excluding diaryl/α,β-unsaturated/α-hetero) is 1. The lowest BCUT2D eigenvalue weighted by molar-refractivity contribution is -0.137. The predicted octanol–water partition coefficient (Wildman–Crippen LogP) is 2.98. The van der Waals surface area contributed by atoms with Gasteiger partial charge in [-0.1, -0.05) is 6.07 Å². The quantitative estimate of drug-likeness (QED) is 0.482. The van der Waals surface area contributed by atoms with Crippen LogP contribution in [-0.2, 0) is 9.53 Å². The Morgan fingerprint density at radius 3 is 2.57 bits per heavy atom. The summed E-state index contributed by atoms with van der Waals surface area (Å²) in [5.74, 6) is -0.796. The van der Waals surface area contributed by atoms with Crippen LogP contribution in [0.5, 0.6) is 5.75 Å². The van der Waals surface area contributed by atoms with Crippen LogP contribution in [0.4, 0.5) is 0 Å². The van der Waals surface area contributed by atoms with E-state index in [0.29, 0.717) is 11.4 Å². The lowest BCUT2D eigenvalue weighted by atomic mass is 10.2. The second-order valence-electron chi connectivity index (χ2n) is 4.94. The minimum atomic E-state index is -0.832. The number of ketones is 1. The highest BCUT2D eigenvalue weighted by Gasteiger charge is 2.25. The number of nitrogens with zero attached hydrogens (tertiary/aromatic N) is 1. The summed E-state index contributed by atoms with van der Waals surface area (Å²) in [5.41, 5.74) is 1.18. The van der Waals surface area contributed by atoms with Gasteiger partial charge in [-0.25, -0.2) is 4.79 Å². The van der Waals surface area contributed by atoms with Crippen molar-refractivity contribution in [3.8, 4) is 5.75 Å². The number of esters is 1. The number of hydrogen-bond donors (Lipinski definition) is 0. The van der Waals surface area contributed by atoms with Crippen LogP contribution in [-0.4, -0.2) is 30.0 Å². The third kappa shape index (κ3) is 2.63. The van der Waals surface area contributed by atoms with Crippen LogP contribution in [0.15, 0.2) is 24.3 Å². The Kier molecular flexibility index (Phi) is 4.31. The van der Waals surface area contributed by atoms with Crippen LogP contribution in [0.25, 0.3) is 10.9 Å². The second kappa shape index (κ2) is 5.99. The van der Waals surface area contributed by atoms with Crippen molar-refractivity contribution in [3.05, 3.63) is 30.0 Å². The maximum absolute atomic E-state index is 12.3. The molecule has 0 spiro atoms. The molecule has 5 heteroatoms. The van der Waals surface area contributed by atoms with Crippen LogP contribution >= 0.6 is 0 Å². The Labute approximate surface area is 123 Å². The van der Waals surface area contributed by atoms with Crippen molar-refractivity contribution in [2.24, 2.45) is 0 Å². The molecule has 2 aromatic rings. The van der Waals surface area contributed by atoms with Crippen molar-refractivity contribution in [1.29, 1.82) is 0 Å². The predicted molar refractivity (Wildman–Crippen MR) is 79.8 cm³/mol. The minimum Gasteiger partial charge on any atom is -0.496 e. The van der Waals surface area contributed by atoms with Gasteiger partial charge in [0.25, 0.3) is 5.78 Å². The van der Waals surface area contributed by atoms with Gasteiger partial charge in [0.2, 0.25) is 0 Å². The van der Waals surface area contributed by atoms with Gasteiger partial charge in [-0.15, -0.1) is 0 Å². The van der Waals surface area contributed by atoms with Crippen molar-refractivity contribution in [3.63, 3.8) is 0 Å². The van der Waals surface area contributed by atoms with Crippen molar-refractivity contribution in [2.45, 2.75) is 26.8 Å². The van der Waals surface area contributed by atoms with Crippen molar-refractivity contribution in [1.82, 2.24) is 4.57 Å². The van der Waals surface area contributed by atoms with E-state index in [1.54, 1.807) is 20.1 Å². The first-order chi connectivity index (χ1) is 10.0. The van der Waals surface area contributed by atoms with E-state index in [2.05, 4.69) is 0 Å². The molecule has 0 aliphatic carbocycles. The first-order valence-corrected chi connectivity index (χ1v) is 6.90. The standard InChI is InChI=1S/C16H19NO4/c1-5-21-16(19)15(18)13-9-11-12(17(13)10(2)3)7-6-8-14(11)20-4/h6-10H,5H2,1-4H3. The highest BCUT2D eigenvalue weighted by molar-refractivity contribution is 6.40. The van der Waals surface area contributed by atoms with Crippen LogP contribution in [0, 0.1) is 0 Å². The van der Waals surface area contributed by atoms with E-state index < -0.39 is 11.8 Å². The number of fused-ring (bicyclic) bond motifs is 1. The second-order valence-corrected chi connectivity index (χ2v) is 4.94. The fourth-order valence-corrected chi connectivity index (χ4v) is 2.43. The molecule has 1 aromatic heterocycles. The maximum atomic E-state index is 12.3. The van der Waals surface area contributed by atoms with Gasteiger partial charge in [0.05, 0.1) is 24.9 Å². The minimum absolute atomic E-state index is 0.0305. The number of ether oxygens (including phenoxy) is 2. The van der Waals surface area contributed by atoms with Gasteiger partial charge in [0, 0.05) is 11.4 Å². The molecule has 1 heterocycles. The average Bonchev–Trinajstić information content (AvgIpc) is 2.85. The zero-order chi connectivity index (χ0) is 15.6. The van der Waals surface area contributed by atoms with Crippen molar-refractivity contribution < 1.29 is 19.1 Å². The normalized spacial score (nSPS) is 10.9. The summed E-state index contributed by atoms with van der Waals surface area (Å²) in [6.45, 7) is 5.77. The summed E-state index contributed by atoms with van der Waals surface area (Å²) in [4.78, 5) is 24.0. The monoisotopic (exact) mass is 289 g/mol. The zero-order valence-corrected chi connectivity index (χ0v) is 12.7. The Hall–Kier alpha value is -2.30. The molecule has 0 N–H and O–H groups in total. The smallest absolute Gasteiger partial charge is 0.381 e. The number of benzene rings is 1. The fraction of sp³-hybridized carbons (Fsp3) is 0.375. The Morgan fingerprint density at radius 2 is 2.00 bits per heavy atom. The van der Waals surface area contributed by atoms with E-state index >= 15 is 0 Å². The number of rotatable bonds is 5. The van der Waals surface area contributed by atoms with Gasteiger partial charge < -0.3 is 14.0 Å². The molecule has 1 aromatic carbocycles. The fourth-order valence-electron chi connectivity index (χ4n) is 2.43. The lowest BCUT2D eigenvalue weighted by Gasteiger charge is -2.13. The summed E-state index contributed by atoms with van der Waals surface area (Å²) >= 11 is 0. The van der Waals surface area contributed by atoms with E-state index in [4.69, 9.17) is 9.47 Å². The molecule has 0 saturated carbocycles. The van der Waals surface area contributed by atoms with E-state index in [9.17, 15) is 9.59 Å². The third-order valence-electron chi connectivity index (χ3n) is 3.27. The number of carbonyl (C=O) groups excluding carboxylic acids is 2. The molecular formula is C16H19NO4. The Morgan fingerprint density at radius 1 is 1.29 bits per heavy atom. The molecule has 0 atom stereocenters. The average molecular weight is 289 g/mol. The molecular weight excluding hydrogens is 270 g/mol. The topological polar surface area (TPSA) is 57.5 Å². The molecule has 2 rings (SSSR count). The molecule has 0 radical (unpaired) electrons. The number of aromatic nitrogens is 1. The molecule has 0 aliphatic heterocycles. The molecule has 0 bridgehead atoms. The van der Waals surface area contributed by atoms with Gasteiger partial charge in [0.1, 0.15) is 5.75 Å². The SMILES string of the molecule is CCOC(=O)C(=O)c1cc2c(OC)cccc2n1C(C)C. The molecule has 5 nitrogen and oxygen atoms in total. The van der Waals surface area contributed by atoms with Gasteiger partial charge in [-0.05, 0) is 39.0 Å². The Balaban J connectivity index is 2.65. The lowest BCUT2D eigenvalue weighted by Crippen LogP contribution is -2.21. The number of methoxy groups -OCH3 is 1. The molecule has 0 saturated heterocycles. The number of carbonyl (C=O) groups is 2. The molecule has 0 fully saturated rings. The first-order valence-electron chi connectivity index (χ1n) is 6.90.